The van der Waals surface area contributed by atoms with E-state index in [4.69, 9.17) is 16.7 Å². The van der Waals surface area contributed by atoms with Crippen molar-refractivity contribution in [3.05, 3.63) is 58.6 Å². The van der Waals surface area contributed by atoms with Crippen molar-refractivity contribution in [3.63, 3.8) is 0 Å². The van der Waals surface area contributed by atoms with Gasteiger partial charge in [-0.15, -0.1) is 4.83 Å². The van der Waals surface area contributed by atoms with E-state index in [2.05, 4.69) is 0 Å². The van der Waals surface area contributed by atoms with Crippen LogP contribution in [0.4, 0.5) is 8.78 Å². The van der Waals surface area contributed by atoms with Crippen molar-refractivity contribution < 1.29 is 30.4 Å². The topological polar surface area (TPSA) is 135 Å². The molecule has 0 aliphatic heterocycles. The summed E-state index contributed by atoms with van der Waals surface area (Å²) in [4.78, 5) is 11.6. The van der Waals surface area contributed by atoms with E-state index in [-0.39, 0.29) is 10.6 Å². The van der Waals surface area contributed by atoms with E-state index in [1.165, 1.54) is 4.83 Å². The molecule has 0 aromatic heterocycles. The predicted molar refractivity (Wildman–Crippen MR) is 87.0 cm³/mol. The van der Waals surface area contributed by atoms with Crippen molar-refractivity contribution in [2.45, 2.75) is 9.79 Å². The number of carbonyl (C=O) groups is 1. The zero-order chi connectivity index (χ0) is 19.7. The molecule has 0 saturated heterocycles. The summed E-state index contributed by atoms with van der Waals surface area (Å²) in [7, 11) is -9.01. The molecule has 0 heterocycles. The average molecular weight is 426 g/mol. The summed E-state index contributed by atoms with van der Waals surface area (Å²) in [5.74, 6) is -3.85. The number of nitrogens with one attached hydrogen (secondary N) is 2. The standard InChI is InChI=1S/C13H10ClF2N3O5S2/c14-8-5-4-7(6-11(8)25(17,21)22)13(20)18-19-26(23,24)12-9(15)2-1-3-10(12)16/h1-6,19H,(H,18,20)(H2,17,21,22). The number of amides is 1. The second-order valence-electron chi connectivity index (χ2n) is 4.80. The first-order valence-corrected chi connectivity index (χ1v) is 9.93. The summed E-state index contributed by atoms with van der Waals surface area (Å²) >= 11 is 5.66. The second kappa shape index (κ2) is 7.25. The van der Waals surface area contributed by atoms with Crippen LogP contribution in [0.2, 0.25) is 5.02 Å². The molecule has 0 saturated carbocycles. The Morgan fingerprint density at radius 2 is 1.62 bits per heavy atom. The SMILES string of the molecule is NS(=O)(=O)c1cc(C(=O)NNS(=O)(=O)c2c(F)cccc2F)ccc1Cl. The minimum atomic E-state index is -4.77. The molecule has 2 aromatic rings. The van der Waals surface area contributed by atoms with E-state index in [1.54, 1.807) is 5.43 Å². The minimum Gasteiger partial charge on any atom is -0.273 e. The molecule has 0 fully saturated rings. The first-order chi connectivity index (χ1) is 11.9. The average Bonchev–Trinajstić information content (AvgIpc) is 2.51. The van der Waals surface area contributed by atoms with Gasteiger partial charge in [-0.25, -0.2) is 30.8 Å². The van der Waals surface area contributed by atoms with Crippen LogP contribution in [0.15, 0.2) is 46.2 Å². The number of hydrogen-bond donors (Lipinski definition) is 3. The third-order valence-corrected chi connectivity index (χ3v) is 5.68. The molecule has 4 N–H and O–H groups in total. The lowest BCUT2D eigenvalue weighted by molar-refractivity contribution is 0.0944. The van der Waals surface area contributed by atoms with Crippen LogP contribution in [0.5, 0.6) is 0 Å². The lowest BCUT2D eigenvalue weighted by Gasteiger charge is -2.10. The third-order valence-electron chi connectivity index (χ3n) is 2.99. The highest BCUT2D eigenvalue weighted by molar-refractivity contribution is 7.89. The number of primary sulfonamides is 1. The van der Waals surface area contributed by atoms with Crippen LogP contribution in [0.3, 0.4) is 0 Å². The van der Waals surface area contributed by atoms with Crippen molar-refractivity contribution in [3.8, 4) is 0 Å². The number of sulfonamides is 2. The van der Waals surface area contributed by atoms with Gasteiger partial charge >= 0.3 is 0 Å². The van der Waals surface area contributed by atoms with E-state index < -0.39 is 47.4 Å². The van der Waals surface area contributed by atoms with E-state index in [1.807, 2.05) is 0 Å². The Kier molecular flexibility index (Phi) is 5.63. The summed E-state index contributed by atoms with van der Waals surface area (Å²) < 4.78 is 73.7. The Labute approximate surface area is 152 Å². The highest BCUT2D eigenvalue weighted by atomic mass is 35.5. The van der Waals surface area contributed by atoms with Gasteiger partial charge in [-0.3, -0.25) is 10.2 Å². The molecule has 26 heavy (non-hydrogen) atoms. The van der Waals surface area contributed by atoms with Gasteiger partial charge < -0.3 is 0 Å². The normalized spacial score (nSPS) is 12.0. The molecule has 0 bridgehead atoms. The highest BCUT2D eigenvalue weighted by Crippen LogP contribution is 2.21. The van der Waals surface area contributed by atoms with Crippen molar-refractivity contribution in [2.24, 2.45) is 5.14 Å². The monoisotopic (exact) mass is 425 g/mol. The summed E-state index contributed by atoms with van der Waals surface area (Å²) in [5.41, 5.74) is 1.38. The van der Waals surface area contributed by atoms with Gasteiger partial charge in [0, 0.05) is 5.56 Å². The summed E-state index contributed by atoms with van der Waals surface area (Å²) in [6, 6.07) is 5.36. The lowest BCUT2D eigenvalue weighted by atomic mass is 10.2. The maximum Gasteiger partial charge on any atom is 0.266 e. The molecular formula is C13H10ClF2N3O5S2. The molecule has 8 nitrogen and oxygen atoms in total. The number of nitrogens with two attached hydrogens (primary N) is 1. The molecule has 1 amide bonds. The van der Waals surface area contributed by atoms with Gasteiger partial charge in [0.25, 0.3) is 15.9 Å². The smallest absolute Gasteiger partial charge is 0.266 e. The van der Waals surface area contributed by atoms with Crippen LogP contribution in [-0.2, 0) is 20.0 Å². The van der Waals surface area contributed by atoms with Gasteiger partial charge in [0.05, 0.1) is 5.02 Å². The summed E-state index contributed by atoms with van der Waals surface area (Å²) in [6.07, 6.45) is 0. The number of hydrazine groups is 1. The van der Waals surface area contributed by atoms with Gasteiger partial charge in [-0.05, 0) is 30.3 Å². The first-order valence-electron chi connectivity index (χ1n) is 6.52. The van der Waals surface area contributed by atoms with Crippen molar-refractivity contribution in [2.75, 3.05) is 0 Å². The van der Waals surface area contributed by atoms with Crippen LogP contribution in [-0.4, -0.2) is 22.7 Å². The molecular weight excluding hydrogens is 416 g/mol. The highest BCUT2D eigenvalue weighted by Gasteiger charge is 2.25. The van der Waals surface area contributed by atoms with Crippen LogP contribution in [0, 0.1) is 11.6 Å². The Morgan fingerprint density at radius 3 is 2.15 bits per heavy atom. The Morgan fingerprint density at radius 1 is 1.04 bits per heavy atom. The lowest BCUT2D eigenvalue weighted by Crippen LogP contribution is -2.42. The molecule has 0 aliphatic carbocycles. The van der Waals surface area contributed by atoms with Crippen molar-refractivity contribution in [1.29, 1.82) is 0 Å². The predicted octanol–water partition coefficient (Wildman–Crippen LogP) is 0.889. The van der Waals surface area contributed by atoms with Crippen LogP contribution in [0.25, 0.3) is 0 Å². The summed E-state index contributed by atoms with van der Waals surface area (Å²) in [6.45, 7) is 0. The zero-order valence-electron chi connectivity index (χ0n) is 12.5. The minimum absolute atomic E-state index is 0.252. The molecule has 140 valence electrons. The van der Waals surface area contributed by atoms with Crippen LogP contribution >= 0.6 is 11.6 Å². The fourth-order valence-corrected chi connectivity index (χ4v) is 3.89. The molecule has 0 radical (unpaired) electrons. The van der Waals surface area contributed by atoms with Gasteiger partial charge in [0.1, 0.15) is 16.5 Å². The van der Waals surface area contributed by atoms with E-state index in [0.717, 1.165) is 36.4 Å². The maximum absolute atomic E-state index is 13.6. The van der Waals surface area contributed by atoms with Gasteiger partial charge in [-0.1, -0.05) is 17.7 Å². The number of carbonyl (C=O) groups excluding carboxylic acids is 1. The van der Waals surface area contributed by atoms with E-state index in [9.17, 15) is 30.4 Å². The molecule has 0 spiro atoms. The van der Waals surface area contributed by atoms with Gasteiger partial charge in [0.15, 0.2) is 4.90 Å². The number of rotatable bonds is 5. The van der Waals surface area contributed by atoms with E-state index >= 15 is 0 Å². The Bertz CT molecular complexity index is 1070. The van der Waals surface area contributed by atoms with Crippen molar-refractivity contribution in [1.82, 2.24) is 10.3 Å². The van der Waals surface area contributed by atoms with E-state index in [0.29, 0.717) is 0 Å². The number of hydrogen-bond acceptors (Lipinski definition) is 5. The quantitative estimate of drug-likeness (QED) is 0.611. The largest absolute Gasteiger partial charge is 0.273 e. The second-order valence-corrected chi connectivity index (χ2v) is 8.36. The Balaban J connectivity index is 2.27. The number of halogens is 3. The number of benzene rings is 2. The van der Waals surface area contributed by atoms with Crippen molar-refractivity contribution >= 4 is 37.6 Å². The Hall–Kier alpha value is -2.12. The molecule has 0 aliphatic rings. The molecule has 2 rings (SSSR count). The zero-order valence-corrected chi connectivity index (χ0v) is 14.9. The fraction of sp³-hybridized carbons (Fsp3) is 0. The first kappa shape index (κ1) is 20.2. The van der Waals surface area contributed by atoms with Gasteiger partial charge in [0.2, 0.25) is 10.0 Å². The van der Waals surface area contributed by atoms with Crippen LogP contribution < -0.4 is 15.4 Å². The molecule has 2 aromatic carbocycles. The molecule has 0 atom stereocenters. The fourth-order valence-electron chi connectivity index (χ4n) is 1.84. The molecule has 0 unspecified atom stereocenters. The van der Waals surface area contributed by atoms with Gasteiger partial charge in [-0.2, -0.15) is 0 Å². The maximum atomic E-state index is 13.6. The summed E-state index contributed by atoms with van der Waals surface area (Å²) in [5, 5.41) is 4.69. The van der Waals surface area contributed by atoms with Crippen LogP contribution in [0.1, 0.15) is 10.4 Å². The third kappa shape index (κ3) is 4.34. The molecule has 13 heteroatoms.